The second kappa shape index (κ2) is 7.67. The molecule has 29 heavy (non-hydrogen) atoms. The van der Waals surface area contributed by atoms with Crippen LogP contribution in [0.25, 0.3) is 5.65 Å². The molecule has 0 unspecified atom stereocenters. The summed E-state index contributed by atoms with van der Waals surface area (Å²) in [5.74, 6) is 0.486. The minimum absolute atomic E-state index is 0.0639. The lowest BCUT2D eigenvalue weighted by molar-refractivity contribution is 0.194. The SMILES string of the molecule is CC(C)NC(=O)Oc1cnn2ccc(N3C[C@@H](O)C[C@@H]3c3cccc(F)c3)nc12. The molecule has 8 nitrogen and oxygen atoms in total. The Morgan fingerprint density at radius 2 is 2.21 bits per heavy atom. The Labute approximate surface area is 166 Å². The van der Waals surface area contributed by atoms with E-state index in [0.717, 1.165) is 5.56 Å². The molecule has 3 heterocycles. The lowest BCUT2D eigenvalue weighted by Gasteiger charge is -2.25. The van der Waals surface area contributed by atoms with E-state index < -0.39 is 12.2 Å². The molecule has 9 heteroatoms. The van der Waals surface area contributed by atoms with Gasteiger partial charge >= 0.3 is 6.09 Å². The lowest BCUT2D eigenvalue weighted by Crippen LogP contribution is -2.32. The molecule has 0 bridgehead atoms. The maximum absolute atomic E-state index is 13.7. The van der Waals surface area contributed by atoms with Crippen LogP contribution in [0.5, 0.6) is 5.75 Å². The first kappa shape index (κ1) is 19.1. The van der Waals surface area contributed by atoms with Crippen molar-refractivity contribution in [2.75, 3.05) is 11.4 Å². The maximum Gasteiger partial charge on any atom is 0.412 e. The molecule has 1 aromatic carbocycles. The number of benzene rings is 1. The summed E-state index contributed by atoms with van der Waals surface area (Å²) in [4.78, 5) is 18.5. The number of nitrogens with one attached hydrogen (secondary N) is 1. The van der Waals surface area contributed by atoms with Crippen molar-refractivity contribution in [1.82, 2.24) is 19.9 Å². The summed E-state index contributed by atoms with van der Waals surface area (Å²) < 4.78 is 20.6. The number of aromatic nitrogens is 3. The van der Waals surface area contributed by atoms with Crippen LogP contribution in [0, 0.1) is 5.82 Å². The van der Waals surface area contributed by atoms with Crippen LogP contribution in [0.15, 0.2) is 42.7 Å². The van der Waals surface area contributed by atoms with Gasteiger partial charge in [-0.15, -0.1) is 0 Å². The first-order chi connectivity index (χ1) is 13.9. The van der Waals surface area contributed by atoms with Crippen LogP contribution in [0.1, 0.15) is 31.9 Å². The molecule has 1 amide bonds. The van der Waals surface area contributed by atoms with Crippen LogP contribution in [0.3, 0.4) is 0 Å². The second-order valence-corrected chi connectivity index (χ2v) is 7.36. The van der Waals surface area contributed by atoms with E-state index in [4.69, 9.17) is 4.74 Å². The number of nitrogens with zero attached hydrogens (tertiary/aromatic N) is 4. The van der Waals surface area contributed by atoms with Crippen molar-refractivity contribution in [3.8, 4) is 5.75 Å². The van der Waals surface area contributed by atoms with E-state index in [0.29, 0.717) is 24.4 Å². The summed E-state index contributed by atoms with van der Waals surface area (Å²) in [6, 6.07) is 7.83. The number of hydrogen-bond donors (Lipinski definition) is 2. The predicted molar refractivity (Wildman–Crippen MR) is 104 cm³/mol. The number of carbonyl (C=O) groups excluding carboxylic acids is 1. The van der Waals surface area contributed by atoms with Gasteiger partial charge in [0.25, 0.3) is 0 Å². The Morgan fingerprint density at radius 1 is 1.38 bits per heavy atom. The molecular weight excluding hydrogens is 377 g/mol. The minimum Gasteiger partial charge on any atom is -0.405 e. The lowest BCUT2D eigenvalue weighted by atomic mass is 10.0. The van der Waals surface area contributed by atoms with Crippen molar-refractivity contribution < 1.29 is 19.0 Å². The highest BCUT2D eigenvalue weighted by atomic mass is 19.1. The Kier molecular flexibility index (Phi) is 5.06. The van der Waals surface area contributed by atoms with Gasteiger partial charge in [-0.3, -0.25) is 0 Å². The van der Waals surface area contributed by atoms with Crippen LogP contribution in [-0.4, -0.2) is 44.5 Å². The number of β-amino-alcohol motifs (C(OH)–C–C–N with tert-alkyl or cyclic N) is 1. The summed E-state index contributed by atoms with van der Waals surface area (Å²) in [6.45, 7) is 4.03. The molecule has 2 N–H and O–H groups in total. The number of halogens is 1. The topological polar surface area (TPSA) is 92.0 Å². The quantitative estimate of drug-likeness (QED) is 0.701. The normalized spacial score (nSPS) is 19.1. The average Bonchev–Trinajstić information content (AvgIpc) is 3.24. The van der Waals surface area contributed by atoms with E-state index in [-0.39, 0.29) is 23.7 Å². The van der Waals surface area contributed by atoms with Crippen molar-refractivity contribution in [1.29, 1.82) is 0 Å². The number of amides is 1. The van der Waals surface area contributed by atoms with E-state index in [9.17, 15) is 14.3 Å². The molecule has 0 radical (unpaired) electrons. The van der Waals surface area contributed by atoms with Gasteiger partial charge in [-0.25, -0.2) is 18.7 Å². The molecule has 0 saturated carbocycles. The van der Waals surface area contributed by atoms with Gasteiger partial charge in [-0.05, 0) is 44.0 Å². The second-order valence-electron chi connectivity index (χ2n) is 7.36. The molecular formula is C20H22FN5O3. The molecule has 2 atom stereocenters. The third kappa shape index (κ3) is 4.00. The fourth-order valence-electron chi connectivity index (χ4n) is 3.53. The van der Waals surface area contributed by atoms with Crippen molar-refractivity contribution in [3.63, 3.8) is 0 Å². The van der Waals surface area contributed by atoms with Crippen molar-refractivity contribution in [2.45, 2.75) is 38.5 Å². The molecule has 2 aromatic heterocycles. The first-order valence-corrected chi connectivity index (χ1v) is 9.43. The molecule has 1 saturated heterocycles. The van der Waals surface area contributed by atoms with Gasteiger partial charge in [0, 0.05) is 18.8 Å². The van der Waals surface area contributed by atoms with E-state index in [2.05, 4.69) is 15.4 Å². The number of aliphatic hydroxyl groups is 1. The molecule has 4 rings (SSSR count). The van der Waals surface area contributed by atoms with E-state index in [1.54, 1.807) is 18.3 Å². The number of fused-ring (bicyclic) bond motifs is 1. The highest BCUT2D eigenvalue weighted by molar-refractivity contribution is 5.73. The molecule has 0 spiro atoms. The number of hydrogen-bond acceptors (Lipinski definition) is 6. The zero-order chi connectivity index (χ0) is 20.5. The zero-order valence-corrected chi connectivity index (χ0v) is 16.1. The minimum atomic E-state index is -0.587. The average molecular weight is 399 g/mol. The number of rotatable bonds is 4. The summed E-state index contributed by atoms with van der Waals surface area (Å²) in [6.07, 6.45) is 2.46. The Hall–Kier alpha value is -3.20. The van der Waals surface area contributed by atoms with Crippen molar-refractivity contribution in [2.24, 2.45) is 0 Å². The van der Waals surface area contributed by atoms with Crippen molar-refractivity contribution >= 4 is 17.6 Å². The molecule has 3 aromatic rings. The van der Waals surface area contributed by atoms with E-state index in [1.807, 2.05) is 24.8 Å². The number of anilines is 1. The molecule has 0 aliphatic carbocycles. The smallest absolute Gasteiger partial charge is 0.405 e. The monoisotopic (exact) mass is 399 g/mol. The van der Waals surface area contributed by atoms with Crippen LogP contribution in [0.2, 0.25) is 0 Å². The van der Waals surface area contributed by atoms with Gasteiger partial charge in [0.05, 0.1) is 18.3 Å². The third-order valence-electron chi connectivity index (χ3n) is 4.74. The van der Waals surface area contributed by atoms with Gasteiger partial charge in [-0.1, -0.05) is 12.1 Å². The molecule has 1 aliphatic heterocycles. The van der Waals surface area contributed by atoms with Crippen LogP contribution in [0.4, 0.5) is 15.0 Å². The van der Waals surface area contributed by atoms with E-state index in [1.165, 1.54) is 22.8 Å². The fraction of sp³-hybridized carbons (Fsp3) is 0.350. The van der Waals surface area contributed by atoms with Crippen LogP contribution < -0.4 is 15.0 Å². The number of aliphatic hydroxyl groups excluding tert-OH is 1. The zero-order valence-electron chi connectivity index (χ0n) is 16.1. The van der Waals surface area contributed by atoms with Gasteiger partial charge < -0.3 is 20.1 Å². The van der Waals surface area contributed by atoms with Crippen LogP contribution in [-0.2, 0) is 0 Å². The summed E-state index contributed by atoms with van der Waals surface area (Å²) >= 11 is 0. The van der Waals surface area contributed by atoms with Gasteiger partial charge in [-0.2, -0.15) is 5.10 Å². The van der Waals surface area contributed by atoms with Gasteiger partial charge in [0.1, 0.15) is 11.6 Å². The van der Waals surface area contributed by atoms with Crippen LogP contribution >= 0.6 is 0 Å². The molecule has 152 valence electrons. The Bertz CT molecular complexity index is 1040. The molecule has 1 fully saturated rings. The highest BCUT2D eigenvalue weighted by Gasteiger charge is 2.33. The summed E-state index contributed by atoms with van der Waals surface area (Å²) in [5.41, 5.74) is 1.14. The third-order valence-corrected chi connectivity index (χ3v) is 4.74. The predicted octanol–water partition coefficient (Wildman–Crippen LogP) is 2.68. The molecule has 1 aliphatic rings. The van der Waals surface area contributed by atoms with Gasteiger partial charge in [0.2, 0.25) is 5.65 Å². The standard InChI is InChI=1S/C20H22FN5O3/c1-12(2)23-20(28)29-17-10-22-26-7-6-18(24-19(17)26)25-11-15(27)9-16(25)13-4-3-5-14(21)8-13/h3-8,10,12,15-16,27H,9,11H2,1-2H3,(H,23,28)/t15-,16+/m0/s1. The first-order valence-electron chi connectivity index (χ1n) is 9.43. The maximum atomic E-state index is 13.7. The Balaban J connectivity index is 1.66. The summed E-state index contributed by atoms with van der Waals surface area (Å²) in [5, 5.41) is 17.0. The largest absolute Gasteiger partial charge is 0.412 e. The van der Waals surface area contributed by atoms with Crippen molar-refractivity contribution in [3.05, 3.63) is 54.1 Å². The highest BCUT2D eigenvalue weighted by Crippen LogP contribution is 2.36. The number of ether oxygens (including phenoxy) is 1. The van der Waals surface area contributed by atoms with Gasteiger partial charge in [0.15, 0.2) is 5.75 Å². The summed E-state index contributed by atoms with van der Waals surface area (Å²) in [7, 11) is 0. The Morgan fingerprint density at radius 3 is 2.97 bits per heavy atom. The van der Waals surface area contributed by atoms with E-state index >= 15 is 0 Å². The fourth-order valence-corrected chi connectivity index (χ4v) is 3.53. The number of carbonyl (C=O) groups is 1.